The van der Waals surface area contributed by atoms with Crippen molar-refractivity contribution in [2.45, 2.75) is 110 Å². The molecule has 2 aromatic carbocycles. The van der Waals surface area contributed by atoms with Crippen LogP contribution in [0, 0.1) is 5.41 Å². The molecule has 4 N–H and O–H groups in total. The molecule has 4 rings (SSSR count). The molecule has 14 heteroatoms. The van der Waals surface area contributed by atoms with Crippen molar-refractivity contribution < 1.29 is 28.7 Å². The number of alkyl carbamates (subject to hydrolysis) is 1. The highest BCUT2D eigenvalue weighted by Crippen LogP contribution is 2.35. The van der Waals surface area contributed by atoms with Gasteiger partial charge in [0.1, 0.15) is 11.6 Å². The predicted octanol–water partition coefficient (Wildman–Crippen LogP) is 6.27. The summed E-state index contributed by atoms with van der Waals surface area (Å²) >= 11 is 12.5. The van der Waals surface area contributed by atoms with Gasteiger partial charge in [0.05, 0.1) is 15.5 Å². The van der Waals surface area contributed by atoms with E-state index in [1.807, 2.05) is 58.0 Å². The molecule has 0 aliphatic carbocycles. The Morgan fingerprint density at radius 1 is 0.891 bits per heavy atom. The highest BCUT2D eigenvalue weighted by atomic mass is 35.5. The van der Waals surface area contributed by atoms with E-state index in [-0.39, 0.29) is 42.8 Å². The average Bonchev–Trinajstić information content (AvgIpc) is 3.14. The first-order chi connectivity index (χ1) is 26.2. The van der Waals surface area contributed by atoms with Crippen LogP contribution in [-0.2, 0) is 32.0 Å². The summed E-state index contributed by atoms with van der Waals surface area (Å²) in [5.41, 5.74) is 0.406. The van der Waals surface area contributed by atoms with E-state index in [1.165, 1.54) is 0 Å². The average molecular weight is 802 g/mol. The number of amides is 6. The molecule has 55 heavy (non-hydrogen) atoms. The normalized spacial score (nSPS) is 18.2. The van der Waals surface area contributed by atoms with E-state index < -0.39 is 23.2 Å². The number of hydrogen-bond donors (Lipinski definition) is 4. The number of hydrogen-bond acceptors (Lipinski definition) is 6. The summed E-state index contributed by atoms with van der Waals surface area (Å²) in [5.74, 6) is -0.375. The van der Waals surface area contributed by atoms with Crippen molar-refractivity contribution >= 4 is 53.0 Å². The number of halogens is 2. The third-order valence-corrected chi connectivity index (χ3v) is 10.7. The fraction of sp³-hybridized carbons (Fsp3) is 0.585. The Kier molecular flexibility index (Phi) is 16.5. The monoisotopic (exact) mass is 800 g/mol. The Bertz CT molecular complexity index is 1610. The molecule has 6 amide bonds. The molecule has 2 aliphatic heterocycles. The van der Waals surface area contributed by atoms with E-state index in [2.05, 4.69) is 21.3 Å². The molecule has 2 aromatic rings. The molecule has 2 fully saturated rings. The molecule has 2 saturated heterocycles. The van der Waals surface area contributed by atoms with Gasteiger partial charge < -0.3 is 35.8 Å². The lowest BCUT2D eigenvalue weighted by molar-refractivity contribution is -0.143. The van der Waals surface area contributed by atoms with E-state index in [1.54, 1.807) is 28.0 Å². The van der Waals surface area contributed by atoms with Crippen LogP contribution in [0.15, 0.2) is 48.5 Å². The smallest absolute Gasteiger partial charge is 0.407 e. The third kappa shape index (κ3) is 13.9. The molecule has 2 aliphatic rings. The Hall–Kier alpha value is -4.03. The number of unbranched alkanes of at least 4 members (excludes halogenated alkanes) is 2. The first-order valence-corrected chi connectivity index (χ1v) is 20.3. The van der Waals surface area contributed by atoms with Crippen LogP contribution in [0.3, 0.4) is 0 Å². The summed E-state index contributed by atoms with van der Waals surface area (Å²) in [6.45, 7) is 9.83. The highest BCUT2D eigenvalue weighted by Gasteiger charge is 2.44. The summed E-state index contributed by atoms with van der Waals surface area (Å²) in [5, 5.41) is 12.6. The Morgan fingerprint density at radius 2 is 1.62 bits per heavy atom. The summed E-state index contributed by atoms with van der Waals surface area (Å²) in [6.07, 6.45) is 5.32. The molecule has 1 unspecified atom stereocenters. The number of nitrogens with zero attached hydrogens (tertiary/aromatic N) is 2. The molecule has 0 spiro atoms. The van der Waals surface area contributed by atoms with Crippen molar-refractivity contribution in [2.24, 2.45) is 5.41 Å². The van der Waals surface area contributed by atoms with Crippen molar-refractivity contribution in [2.75, 3.05) is 39.3 Å². The van der Waals surface area contributed by atoms with Crippen LogP contribution in [0.25, 0.3) is 0 Å². The Labute approximate surface area is 335 Å². The lowest BCUT2D eigenvalue weighted by Gasteiger charge is -2.43. The maximum atomic E-state index is 14.4. The number of nitrogens with one attached hydrogen (secondary N) is 4. The number of benzene rings is 2. The molecular weight excluding hydrogens is 743 g/mol. The predicted molar refractivity (Wildman–Crippen MR) is 215 cm³/mol. The largest absolute Gasteiger partial charge is 0.444 e. The van der Waals surface area contributed by atoms with Gasteiger partial charge in [0, 0.05) is 58.2 Å². The first-order valence-electron chi connectivity index (χ1n) is 19.5. The third-order valence-electron chi connectivity index (χ3n) is 10.0. The van der Waals surface area contributed by atoms with E-state index in [0.29, 0.717) is 87.7 Å². The number of carbonyl (C=O) groups is 5. The van der Waals surface area contributed by atoms with Crippen LogP contribution in [0.1, 0.15) is 90.2 Å². The minimum atomic E-state index is -0.914. The standard InChI is InChI=1S/C41H58Cl2N6O6/c1-5-44-37(52)41(27-29-13-8-6-9-14-29)20-12-22-49(28-41)36(51)34(26-30-16-17-32(42)33(43)25-30)47-38(53)48-23-18-31(19-24-48)46-35(50)15-10-7-11-21-45-39(54)55-40(2,3)4/h6,8-9,13-14,16-17,25,31,34H,5,7,10-12,15,18-24,26-28H2,1-4H3,(H,44,52)(H,45,54)(H,46,50)(H,47,53)/t34?,41-/m0/s1. The molecule has 12 nitrogen and oxygen atoms in total. The number of rotatable bonds is 15. The van der Waals surface area contributed by atoms with Gasteiger partial charge in [-0.2, -0.15) is 0 Å². The second-order valence-electron chi connectivity index (χ2n) is 15.7. The maximum Gasteiger partial charge on any atom is 0.407 e. The van der Waals surface area contributed by atoms with Gasteiger partial charge >= 0.3 is 12.1 Å². The molecule has 0 saturated carbocycles. The van der Waals surface area contributed by atoms with Gasteiger partial charge in [0.15, 0.2) is 0 Å². The van der Waals surface area contributed by atoms with Gasteiger partial charge in [-0.15, -0.1) is 0 Å². The number of piperidine rings is 2. The second kappa shape index (κ2) is 20.8. The number of likely N-dealkylation sites (tertiary alicyclic amines) is 2. The van der Waals surface area contributed by atoms with Gasteiger partial charge in [-0.25, -0.2) is 9.59 Å². The Balaban J connectivity index is 1.33. The number of urea groups is 1. The molecule has 0 aromatic heterocycles. The molecular formula is C41H58Cl2N6O6. The van der Waals surface area contributed by atoms with E-state index in [9.17, 15) is 24.0 Å². The second-order valence-corrected chi connectivity index (χ2v) is 16.5. The zero-order valence-electron chi connectivity index (χ0n) is 32.7. The van der Waals surface area contributed by atoms with Crippen LogP contribution in [0.4, 0.5) is 9.59 Å². The summed E-state index contributed by atoms with van der Waals surface area (Å²) in [7, 11) is 0. The van der Waals surface area contributed by atoms with E-state index in [4.69, 9.17) is 27.9 Å². The van der Waals surface area contributed by atoms with E-state index >= 15 is 0 Å². The topological polar surface area (TPSA) is 149 Å². The van der Waals surface area contributed by atoms with Gasteiger partial charge in [0.25, 0.3) is 0 Å². The highest BCUT2D eigenvalue weighted by molar-refractivity contribution is 6.42. The first kappa shape index (κ1) is 43.7. The zero-order chi connectivity index (χ0) is 40.0. The van der Waals surface area contributed by atoms with Crippen molar-refractivity contribution in [3.63, 3.8) is 0 Å². The van der Waals surface area contributed by atoms with Gasteiger partial charge in [-0.1, -0.05) is 66.0 Å². The Morgan fingerprint density at radius 3 is 2.29 bits per heavy atom. The lowest BCUT2D eigenvalue weighted by Crippen LogP contribution is -2.59. The minimum absolute atomic E-state index is 0.0345. The SMILES string of the molecule is CCNC(=O)[C@]1(Cc2ccccc2)CCCN(C(=O)C(Cc2ccc(Cl)c(Cl)c2)NC(=O)N2CCC(NC(=O)CCCCCNC(=O)OC(C)(C)C)CC2)C1. The quantitative estimate of drug-likeness (QED) is 0.156. The fourth-order valence-electron chi connectivity index (χ4n) is 7.25. The van der Waals surface area contributed by atoms with Gasteiger partial charge in [-0.3, -0.25) is 14.4 Å². The number of ether oxygens (including phenoxy) is 1. The van der Waals surface area contributed by atoms with Crippen LogP contribution < -0.4 is 21.3 Å². The van der Waals surface area contributed by atoms with Crippen molar-refractivity contribution in [3.05, 3.63) is 69.7 Å². The maximum absolute atomic E-state index is 14.4. The van der Waals surface area contributed by atoms with E-state index in [0.717, 1.165) is 24.0 Å². The number of carbonyl (C=O) groups excluding carboxylic acids is 5. The minimum Gasteiger partial charge on any atom is -0.444 e. The van der Waals surface area contributed by atoms with Crippen LogP contribution in [0.2, 0.25) is 10.0 Å². The van der Waals surface area contributed by atoms with Crippen LogP contribution >= 0.6 is 23.2 Å². The fourth-order valence-corrected chi connectivity index (χ4v) is 7.57. The summed E-state index contributed by atoms with van der Waals surface area (Å²) in [6, 6.07) is 13.7. The molecule has 0 radical (unpaired) electrons. The van der Waals surface area contributed by atoms with Gasteiger partial charge in [0.2, 0.25) is 17.7 Å². The van der Waals surface area contributed by atoms with Gasteiger partial charge in [-0.05, 0) is 95.9 Å². The van der Waals surface area contributed by atoms with Crippen molar-refractivity contribution in [1.82, 2.24) is 31.1 Å². The van der Waals surface area contributed by atoms with Crippen LogP contribution in [0.5, 0.6) is 0 Å². The summed E-state index contributed by atoms with van der Waals surface area (Å²) in [4.78, 5) is 69.7. The van der Waals surface area contributed by atoms with Crippen LogP contribution in [-0.4, -0.2) is 96.6 Å². The van der Waals surface area contributed by atoms with Crippen molar-refractivity contribution in [1.29, 1.82) is 0 Å². The molecule has 302 valence electrons. The summed E-state index contributed by atoms with van der Waals surface area (Å²) < 4.78 is 5.23. The van der Waals surface area contributed by atoms with Crippen molar-refractivity contribution in [3.8, 4) is 0 Å². The molecule has 2 heterocycles. The molecule has 2 atom stereocenters. The molecule has 0 bridgehead atoms. The lowest BCUT2D eigenvalue weighted by atomic mass is 9.74. The zero-order valence-corrected chi connectivity index (χ0v) is 34.2.